The van der Waals surface area contributed by atoms with Gasteiger partial charge in [-0.1, -0.05) is 36.4 Å². The first-order valence-electron chi connectivity index (χ1n) is 9.19. The number of nitriles is 1. The monoisotopic (exact) mass is 344 g/mol. The molecule has 6 rings (SSSR count). The van der Waals surface area contributed by atoms with Crippen molar-refractivity contribution in [2.45, 2.75) is 24.2 Å². The van der Waals surface area contributed by atoms with Crippen LogP contribution in [0.4, 0.5) is 0 Å². The largest absolute Gasteiger partial charge is 0.481 e. The Morgan fingerprint density at radius 2 is 2.08 bits per heavy atom. The van der Waals surface area contributed by atoms with Crippen LogP contribution in [0.3, 0.4) is 0 Å². The van der Waals surface area contributed by atoms with Crippen LogP contribution in [0, 0.1) is 22.7 Å². The van der Waals surface area contributed by atoms with Crippen LogP contribution in [0.25, 0.3) is 0 Å². The summed E-state index contributed by atoms with van der Waals surface area (Å²) < 4.78 is 0. The molecule has 1 saturated heterocycles. The number of carboxylic acid groups (broad SMARTS) is 1. The van der Waals surface area contributed by atoms with Crippen molar-refractivity contribution < 1.29 is 9.90 Å². The van der Waals surface area contributed by atoms with Crippen molar-refractivity contribution in [2.24, 2.45) is 11.3 Å². The molecule has 130 valence electrons. The van der Waals surface area contributed by atoms with Gasteiger partial charge >= 0.3 is 5.97 Å². The summed E-state index contributed by atoms with van der Waals surface area (Å²) >= 11 is 0. The van der Waals surface area contributed by atoms with E-state index in [1.54, 1.807) is 0 Å². The number of benzene rings is 2. The van der Waals surface area contributed by atoms with Crippen molar-refractivity contribution in [3.05, 3.63) is 70.8 Å². The maximum atomic E-state index is 12.6. The zero-order chi connectivity index (χ0) is 17.9. The number of aliphatic carboxylic acids is 1. The Morgan fingerprint density at radius 3 is 2.88 bits per heavy atom. The highest BCUT2D eigenvalue weighted by Gasteiger charge is 2.68. The molecule has 1 aliphatic heterocycles. The zero-order valence-electron chi connectivity index (χ0n) is 14.4. The van der Waals surface area contributed by atoms with E-state index in [-0.39, 0.29) is 17.3 Å². The molecule has 0 aromatic heterocycles. The number of nitrogens with zero attached hydrogens (tertiary/aromatic N) is 1. The zero-order valence-corrected chi connectivity index (χ0v) is 14.4. The second-order valence-corrected chi connectivity index (χ2v) is 7.87. The van der Waals surface area contributed by atoms with Crippen LogP contribution >= 0.6 is 0 Å². The fourth-order valence-corrected chi connectivity index (χ4v) is 6.22. The first kappa shape index (κ1) is 15.6. The highest BCUT2D eigenvalue weighted by molar-refractivity contribution is 5.80. The van der Waals surface area contributed by atoms with Gasteiger partial charge < -0.3 is 10.4 Å². The average molecular weight is 344 g/mol. The summed E-state index contributed by atoms with van der Waals surface area (Å²) in [7, 11) is 0. The molecule has 1 saturated carbocycles. The second kappa shape index (κ2) is 5.18. The van der Waals surface area contributed by atoms with Gasteiger partial charge in [0.05, 0.1) is 17.0 Å². The highest BCUT2D eigenvalue weighted by atomic mass is 16.4. The molecule has 0 spiro atoms. The number of hydrogen-bond acceptors (Lipinski definition) is 3. The summed E-state index contributed by atoms with van der Waals surface area (Å²) in [5, 5.41) is 23.1. The summed E-state index contributed by atoms with van der Waals surface area (Å²) in [4.78, 5) is 12.6. The third kappa shape index (κ3) is 1.65. The second-order valence-electron chi connectivity index (χ2n) is 7.87. The van der Waals surface area contributed by atoms with Gasteiger partial charge in [-0.15, -0.1) is 0 Å². The van der Waals surface area contributed by atoms with E-state index in [9.17, 15) is 15.2 Å². The number of fused-ring (bicyclic) bond motifs is 1. The number of hydrogen-bond donors (Lipinski definition) is 2. The maximum absolute atomic E-state index is 12.6. The first-order valence-corrected chi connectivity index (χ1v) is 9.19. The van der Waals surface area contributed by atoms with Crippen LogP contribution in [0.15, 0.2) is 48.5 Å². The van der Waals surface area contributed by atoms with Gasteiger partial charge in [0.1, 0.15) is 0 Å². The Morgan fingerprint density at radius 1 is 1.23 bits per heavy atom. The van der Waals surface area contributed by atoms with Crippen LogP contribution in [-0.2, 0) is 10.2 Å². The third-order valence-corrected chi connectivity index (χ3v) is 7.15. The van der Waals surface area contributed by atoms with Gasteiger partial charge in [-0.25, -0.2) is 0 Å². The van der Waals surface area contributed by atoms with Crippen LogP contribution in [0.2, 0.25) is 0 Å². The molecular weight excluding hydrogens is 324 g/mol. The fourth-order valence-electron chi connectivity index (χ4n) is 6.22. The van der Waals surface area contributed by atoms with Crippen molar-refractivity contribution in [2.75, 3.05) is 13.1 Å². The van der Waals surface area contributed by atoms with Gasteiger partial charge in [0, 0.05) is 30.3 Å². The third-order valence-electron chi connectivity index (χ3n) is 7.15. The summed E-state index contributed by atoms with van der Waals surface area (Å²) in [5.74, 6) is -0.639. The Hall–Kier alpha value is -2.64. The Balaban J connectivity index is 1.85. The standard InChI is InChI=1S/C22H20N2O2/c23-11-14-4-3-5-15(10-14)21-9-8-18(16-6-1-2-7-17(16)21)22(20(25)26)13-24-12-19(21)22/h1-7,10,18-19,24H,8-9,12-13H2,(H,25,26). The normalized spacial score (nSPS) is 34.0. The minimum absolute atomic E-state index is 0.00454. The number of carboxylic acids is 1. The molecule has 4 nitrogen and oxygen atoms in total. The molecule has 2 aromatic rings. The predicted octanol–water partition coefficient (Wildman–Crippen LogP) is 3.03. The molecule has 1 heterocycles. The van der Waals surface area contributed by atoms with E-state index < -0.39 is 11.4 Å². The summed E-state index contributed by atoms with van der Waals surface area (Å²) in [6.45, 7) is 1.22. The molecule has 2 N–H and O–H groups in total. The molecule has 4 atom stereocenters. The lowest BCUT2D eigenvalue weighted by atomic mass is 9.42. The van der Waals surface area contributed by atoms with E-state index >= 15 is 0 Å². The molecule has 0 radical (unpaired) electrons. The SMILES string of the molecule is N#Cc1cccc(C23CCC(c4ccccc42)C2(C(=O)O)CNCC32)c1. The van der Waals surface area contributed by atoms with Crippen LogP contribution in [-0.4, -0.2) is 24.2 Å². The van der Waals surface area contributed by atoms with Crippen molar-refractivity contribution in [1.29, 1.82) is 5.26 Å². The molecule has 4 unspecified atom stereocenters. The van der Waals surface area contributed by atoms with E-state index in [1.807, 2.05) is 24.3 Å². The van der Waals surface area contributed by atoms with Crippen LogP contribution in [0.1, 0.15) is 41.0 Å². The first-order chi connectivity index (χ1) is 12.6. The molecule has 4 heteroatoms. The highest BCUT2D eigenvalue weighted by Crippen LogP contribution is 2.67. The van der Waals surface area contributed by atoms with Crippen LogP contribution in [0.5, 0.6) is 0 Å². The van der Waals surface area contributed by atoms with Crippen molar-refractivity contribution in [1.82, 2.24) is 5.32 Å². The minimum atomic E-state index is -0.769. The quantitative estimate of drug-likeness (QED) is 0.878. The van der Waals surface area contributed by atoms with E-state index in [0.29, 0.717) is 18.7 Å². The van der Waals surface area contributed by atoms with E-state index in [1.165, 1.54) is 11.1 Å². The molecule has 2 aromatic carbocycles. The van der Waals surface area contributed by atoms with Gasteiger partial charge in [0.25, 0.3) is 0 Å². The van der Waals surface area contributed by atoms with Crippen molar-refractivity contribution in [3.8, 4) is 6.07 Å². The average Bonchev–Trinajstić information content (AvgIpc) is 3.16. The lowest BCUT2D eigenvalue weighted by molar-refractivity contribution is -0.157. The van der Waals surface area contributed by atoms with Crippen LogP contribution < -0.4 is 5.32 Å². The molecule has 26 heavy (non-hydrogen) atoms. The van der Waals surface area contributed by atoms with Gasteiger partial charge in [0.2, 0.25) is 0 Å². The number of carbonyl (C=O) groups is 1. The Bertz CT molecular complexity index is 963. The number of rotatable bonds is 2. The predicted molar refractivity (Wildman–Crippen MR) is 96.8 cm³/mol. The molecule has 4 aliphatic rings. The lowest BCUT2D eigenvalue weighted by Crippen LogP contribution is -2.60. The van der Waals surface area contributed by atoms with Gasteiger partial charge in [-0.3, -0.25) is 4.79 Å². The van der Waals surface area contributed by atoms with E-state index in [4.69, 9.17) is 0 Å². The maximum Gasteiger partial charge on any atom is 0.311 e. The minimum Gasteiger partial charge on any atom is -0.481 e. The van der Waals surface area contributed by atoms with Crippen molar-refractivity contribution in [3.63, 3.8) is 0 Å². The molecule has 2 fully saturated rings. The molecular formula is C22H20N2O2. The number of nitrogens with one attached hydrogen (secondary N) is 1. The van der Waals surface area contributed by atoms with E-state index in [2.05, 4.69) is 35.7 Å². The summed E-state index contributed by atoms with van der Waals surface area (Å²) in [5.41, 5.74) is 3.05. The smallest absolute Gasteiger partial charge is 0.311 e. The van der Waals surface area contributed by atoms with Crippen molar-refractivity contribution >= 4 is 5.97 Å². The lowest BCUT2D eigenvalue weighted by Gasteiger charge is -2.59. The fraction of sp³-hybridized carbons (Fsp3) is 0.364. The topological polar surface area (TPSA) is 73.1 Å². The van der Waals surface area contributed by atoms with E-state index in [0.717, 1.165) is 18.4 Å². The molecule has 3 aliphatic carbocycles. The Kier molecular flexibility index (Phi) is 3.11. The summed E-state index contributed by atoms with van der Waals surface area (Å²) in [6, 6.07) is 18.4. The molecule has 2 bridgehead atoms. The Labute approximate surface area is 152 Å². The molecule has 0 amide bonds. The van der Waals surface area contributed by atoms with Gasteiger partial charge in [0.15, 0.2) is 0 Å². The van der Waals surface area contributed by atoms with Gasteiger partial charge in [-0.05, 0) is 41.7 Å². The van der Waals surface area contributed by atoms with Gasteiger partial charge in [-0.2, -0.15) is 5.26 Å². The summed E-state index contributed by atoms with van der Waals surface area (Å²) in [6.07, 6.45) is 1.81.